The molecule has 0 unspecified atom stereocenters. The third-order valence-corrected chi connectivity index (χ3v) is 12.8. The summed E-state index contributed by atoms with van der Waals surface area (Å²) in [5.41, 5.74) is 0.905. The average Bonchev–Trinajstić information content (AvgIpc) is 3.11. The molecule has 1 saturated heterocycles. The molecule has 1 aliphatic rings. The molecule has 1 fully saturated rings. The Morgan fingerprint density at radius 2 is 1.29 bits per heavy atom. The second-order valence-electron chi connectivity index (χ2n) is 11.8. The second-order valence-corrected chi connectivity index (χ2v) is 15.1. The highest BCUT2D eigenvalue weighted by atomic mass is 31.2. The number of aliphatic hydroxyl groups excluding tert-OH is 1. The maximum atomic E-state index is 14.5. The summed E-state index contributed by atoms with van der Waals surface area (Å²) in [5.74, 6) is -2.60. The van der Waals surface area contributed by atoms with Crippen molar-refractivity contribution in [1.29, 1.82) is 0 Å². The predicted octanol–water partition coefficient (Wildman–Crippen LogP) is 4.02. The van der Waals surface area contributed by atoms with Crippen LogP contribution in [0.15, 0.2) is 128 Å². The highest BCUT2D eigenvalue weighted by molar-refractivity contribution is 7.96. The number of rotatable bonds is 12. The third kappa shape index (κ3) is 6.42. The van der Waals surface area contributed by atoms with Gasteiger partial charge in [0, 0.05) is 38.5 Å². The smallest absolute Gasteiger partial charge is 0.356 e. The first-order chi connectivity index (χ1) is 23.1. The summed E-state index contributed by atoms with van der Waals surface area (Å²) >= 11 is 0. The summed E-state index contributed by atoms with van der Waals surface area (Å²) < 4.78 is 5.77. The van der Waals surface area contributed by atoms with Crippen LogP contribution in [0.1, 0.15) is 34.1 Å². The molecule has 8 nitrogen and oxygen atoms in total. The van der Waals surface area contributed by atoms with Crippen molar-refractivity contribution in [3.05, 3.63) is 139 Å². The lowest BCUT2D eigenvalue weighted by Crippen LogP contribution is -2.68. The molecule has 4 aromatic rings. The van der Waals surface area contributed by atoms with Gasteiger partial charge in [0.2, 0.25) is 5.91 Å². The topological polar surface area (TPSA) is 104 Å². The predicted molar refractivity (Wildman–Crippen MR) is 191 cm³/mol. The van der Waals surface area contributed by atoms with Crippen molar-refractivity contribution in [1.82, 2.24) is 9.80 Å². The van der Waals surface area contributed by atoms with Crippen molar-refractivity contribution in [2.75, 3.05) is 20.7 Å². The number of carbonyl (C=O) groups excluding carboxylic acids is 4. The number of hydrogen-bond donors (Lipinski definition) is 1. The van der Waals surface area contributed by atoms with Crippen molar-refractivity contribution in [2.24, 2.45) is 5.92 Å². The SMILES string of the molecule is C=CCOC(=O)C(N1C(=O)[C@H]([C@@H](C)O)[C@H]1CC(=O)c1ccc(C(=O)N(C)C)cc1)=P(c1ccccc1)(c1ccccc1)c1ccccc1. The highest BCUT2D eigenvalue weighted by Gasteiger charge is 2.55. The largest absolute Gasteiger partial charge is 0.457 e. The molecule has 4 aromatic carbocycles. The molecular formula is C39H39N2O6P. The van der Waals surface area contributed by atoms with E-state index in [-0.39, 0.29) is 30.1 Å². The quantitative estimate of drug-likeness (QED) is 0.0809. The van der Waals surface area contributed by atoms with E-state index in [1.54, 1.807) is 38.4 Å². The fraction of sp³-hybridized carbons (Fsp3) is 0.205. The standard InChI is InChI=1S/C39H39N2O6P/c1-5-25-47-39(46)38(48(30-15-9-6-10-16-30,31-17-11-7-12-18-31)32-19-13-8-14-20-32)41-33(35(27(2)42)37(41)45)26-34(43)28-21-23-29(24-22-28)36(44)40(3)4/h5-24,27,33,35,42H,1,25-26H2,2-4H3/t27-,33-,35-/m1/s1. The Labute approximate surface area is 281 Å². The second kappa shape index (κ2) is 14.8. The lowest BCUT2D eigenvalue weighted by Gasteiger charge is -2.50. The van der Waals surface area contributed by atoms with Gasteiger partial charge in [0.1, 0.15) is 12.0 Å². The molecule has 246 valence electrons. The Hall–Kier alpha value is -5.04. The van der Waals surface area contributed by atoms with Gasteiger partial charge in [-0.2, -0.15) is 0 Å². The monoisotopic (exact) mass is 662 g/mol. The van der Waals surface area contributed by atoms with Gasteiger partial charge in [-0.3, -0.25) is 14.4 Å². The number of ether oxygens (including phenoxy) is 1. The molecule has 48 heavy (non-hydrogen) atoms. The Morgan fingerprint density at radius 3 is 1.71 bits per heavy atom. The summed E-state index contributed by atoms with van der Waals surface area (Å²) in [6, 6.07) is 34.2. The fourth-order valence-corrected chi connectivity index (χ4v) is 10.7. The van der Waals surface area contributed by atoms with Gasteiger partial charge in [0.25, 0.3) is 5.91 Å². The molecule has 0 aliphatic carbocycles. The molecule has 1 heterocycles. The van der Waals surface area contributed by atoms with Crippen molar-refractivity contribution in [3.8, 4) is 0 Å². The molecular weight excluding hydrogens is 623 g/mol. The lowest BCUT2D eigenvalue weighted by molar-refractivity contribution is -0.157. The molecule has 0 radical (unpaired) electrons. The van der Waals surface area contributed by atoms with Crippen LogP contribution < -0.4 is 15.9 Å². The molecule has 1 aliphatic heterocycles. The number of likely N-dealkylation sites (tertiary alicyclic amines) is 1. The molecule has 0 spiro atoms. The summed E-state index contributed by atoms with van der Waals surface area (Å²) in [6.07, 6.45) is 0.208. The Kier molecular flexibility index (Phi) is 10.6. The van der Waals surface area contributed by atoms with E-state index in [0.717, 1.165) is 15.9 Å². The zero-order valence-electron chi connectivity index (χ0n) is 27.2. The summed E-state index contributed by atoms with van der Waals surface area (Å²) in [4.78, 5) is 57.9. The van der Waals surface area contributed by atoms with Gasteiger partial charge in [-0.15, -0.1) is 0 Å². The van der Waals surface area contributed by atoms with Gasteiger partial charge in [-0.25, -0.2) is 4.79 Å². The summed E-state index contributed by atoms with van der Waals surface area (Å²) in [7, 11) is 3.30. The first kappa shape index (κ1) is 34.3. The summed E-state index contributed by atoms with van der Waals surface area (Å²) in [6.45, 7) is 1.96. The minimum absolute atomic E-state index is 0.0931. The number of benzene rings is 4. The van der Waals surface area contributed by atoms with Crippen LogP contribution >= 0.6 is 6.89 Å². The molecule has 5 rings (SSSR count). The number of nitrogens with zero attached hydrogens (tertiary/aromatic N) is 2. The zero-order valence-corrected chi connectivity index (χ0v) is 28.1. The molecule has 0 bridgehead atoms. The van der Waals surface area contributed by atoms with Crippen LogP contribution in [0.5, 0.6) is 0 Å². The molecule has 9 heteroatoms. The minimum atomic E-state index is -3.18. The van der Waals surface area contributed by atoms with Gasteiger partial charge >= 0.3 is 5.97 Å². The van der Waals surface area contributed by atoms with Crippen molar-refractivity contribution in [3.63, 3.8) is 0 Å². The summed E-state index contributed by atoms with van der Waals surface area (Å²) in [5, 5.41) is 13.3. The van der Waals surface area contributed by atoms with E-state index < -0.39 is 36.8 Å². The van der Waals surface area contributed by atoms with Gasteiger partial charge in [0.05, 0.1) is 18.1 Å². The van der Waals surface area contributed by atoms with E-state index in [1.165, 1.54) is 22.8 Å². The van der Waals surface area contributed by atoms with Gasteiger partial charge in [-0.1, -0.05) is 116 Å². The first-order valence-electron chi connectivity index (χ1n) is 15.7. The number of Topliss-reactive ketones (excluding diaryl/α,β-unsaturated/α-hetero) is 1. The molecule has 3 atom stereocenters. The van der Waals surface area contributed by atoms with E-state index in [4.69, 9.17) is 4.74 Å². The normalized spacial score (nSPS) is 16.3. The van der Waals surface area contributed by atoms with Crippen LogP contribution in [0, 0.1) is 5.92 Å². The van der Waals surface area contributed by atoms with Crippen LogP contribution in [0.3, 0.4) is 0 Å². The van der Waals surface area contributed by atoms with E-state index >= 15 is 0 Å². The molecule has 0 saturated carbocycles. The minimum Gasteiger partial charge on any atom is -0.457 e. The number of carbonyl (C=O) groups is 4. The maximum Gasteiger partial charge on any atom is 0.356 e. The zero-order chi connectivity index (χ0) is 34.4. The number of aliphatic hydroxyl groups is 1. The Balaban J connectivity index is 1.77. The fourth-order valence-electron chi connectivity index (χ4n) is 6.30. The number of β-lactam (4-membered cyclic amide) rings is 1. The average molecular weight is 663 g/mol. The van der Waals surface area contributed by atoms with Gasteiger partial charge in [0.15, 0.2) is 5.78 Å². The van der Waals surface area contributed by atoms with E-state index in [9.17, 15) is 24.3 Å². The Morgan fingerprint density at radius 1 is 0.833 bits per heavy atom. The first-order valence-corrected chi connectivity index (χ1v) is 17.5. The lowest BCUT2D eigenvalue weighted by atomic mass is 9.79. The number of amides is 2. The Bertz CT molecular complexity index is 1750. The van der Waals surface area contributed by atoms with Gasteiger partial charge in [-0.05, 0) is 35.0 Å². The van der Waals surface area contributed by atoms with Crippen molar-refractivity contribution >= 4 is 51.8 Å². The molecule has 2 amide bonds. The van der Waals surface area contributed by atoms with Crippen LogP contribution in [0.4, 0.5) is 0 Å². The van der Waals surface area contributed by atoms with Crippen LogP contribution in [-0.4, -0.2) is 76.7 Å². The number of esters is 1. The highest BCUT2D eigenvalue weighted by Crippen LogP contribution is 2.50. The third-order valence-electron chi connectivity index (χ3n) is 8.53. The van der Waals surface area contributed by atoms with E-state index in [1.807, 2.05) is 91.0 Å². The van der Waals surface area contributed by atoms with Crippen LogP contribution in [-0.2, 0) is 14.3 Å². The molecule has 1 N–H and O–H groups in total. The molecule has 0 aromatic heterocycles. The number of ketones is 1. The van der Waals surface area contributed by atoms with E-state index in [2.05, 4.69) is 6.58 Å². The van der Waals surface area contributed by atoms with Crippen molar-refractivity contribution in [2.45, 2.75) is 25.5 Å². The van der Waals surface area contributed by atoms with Gasteiger partial charge < -0.3 is 19.6 Å². The maximum absolute atomic E-state index is 14.5. The van der Waals surface area contributed by atoms with Crippen LogP contribution in [0.2, 0.25) is 0 Å². The number of hydrogen-bond acceptors (Lipinski definition) is 6. The van der Waals surface area contributed by atoms with Crippen molar-refractivity contribution < 1.29 is 29.0 Å². The van der Waals surface area contributed by atoms with Crippen LogP contribution in [0.25, 0.3) is 0 Å². The van der Waals surface area contributed by atoms with E-state index in [0.29, 0.717) is 11.1 Å².